The molecule has 1 atom stereocenters. The van der Waals surface area contributed by atoms with E-state index in [9.17, 15) is 18.0 Å². The van der Waals surface area contributed by atoms with Crippen molar-refractivity contribution in [1.82, 2.24) is 15.7 Å². The predicted molar refractivity (Wildman–Crippen MR) is 132 cm³/mol. The molecule has 1 unspecified atom stereocenters. The van der Waals surface area contributed by atoms with E-state index in [2.05, 4.69) is 5.32 Å². The highest BCUT2D eigenvalue weighted by Gasteiger charge is 2.49. The second kappa shape index (κ2) is 10.4. The van der Waals surface area contributed by atoms with Gasteiger partial charge >= 0.3 is 6.03 Å². The topological polar surface area (TPSA) is 125 Å². The van der Waals surface area contributed by atoms with E-state index in [1.54, 1.807) is 54.0 Å². The van der Waals surface area contributed by atoms with Gasteiger partial charge in [-0.15, -0.1) is 0 Å². The molecule has 1 fully saturated rings. The first-order valence-electron chi connectivity index (χ1n) is 11.1. The van der Waals surface area contributed by atoms with Gasteiger partial charge in [-0.05, 0) is 69.2 Å². The summed E-state index contributed by atoms with van der Waals surface area (Å²) in [7, 11) is -3.92. The summed E-state index contributed by atoms with van der Waals surface area (Å²) in [5, 5.41) is 12.6. The Morgan fingerprint density at radius 1 is 1.06 bits per heavy atom. The van der Waals surface area contributed by atoms with Crippen molar-refractivity contribution in [2.24, 2.45) is 0 Å². The molecule has 9 nitrogen and oxygen atoms in total. The van der Waals surface area contributed by atoms with Crippen molar-refractivity contribution in [3.05, 3.63) is 59.1 Å². The van der Waals surface area contributed by atoms with Crippen LogP contribution >= 0.6 is 11.6 Å². The molecular formula is C24H30ClN3O6S. The maximum Gasteiger partial charge on any atom is 0.317 e. The van der Waals surface area contributed by atoms with E-state index in [1.807, 2.05) is 20.8 Å². The van der Waals surface area contributed by atoms with Crippen LogP contribution in [0.4, 0.5) is 4.79 Å². The Kier molecular flexibility index (Phi) is 7.98. The molecule has 3 rings (SSSR count). The molecule has 2 aromatic carbocycles. The van der Waals surface area contributed by atoms with Crippen molar-refractivity contribution in [2.75, 3.05) is 18.8 Å². The summed E-state index contributed by atoms with van der Waals surface area (Å²) in [4.78, 5) is 26.4. The molecule has 3 amide bonds. The maximum absolute atomic E-state index is 13.6. The zero-order valence-electron chi connectivity index (χ0n) is 19.9. The van der Waals surface area contributed by atoms with E-state index in [4.69, 9.17) is 21.5 Å². The van der Waals surface area contributed by atoms with Gasteiger partial charge in [-0.3, -0.25) is 10.0 Å². The lowest BCUT2D eigenvalue weighted by atomic mass is 9.90. The summed E-state index contributed by atoms with van der Waals surface area (Å²) in [6.45, 7) is 5.61. The minimum absolute atomic E-state index is 0.00942. The first kappa shape index (κ1) is 26.8. The second-order valence-corrected chi connectivity index (χ2v) is 12.4. The van der Waals surface area contributed by atoms with Crippen LogP contribution in [0.15, 0.2) is 48.5 Å². The van der Waals surface area contributed by atoms with Crippen LogP contribution in [0.2, 0.25) is 5.02 Å². The highest BCUT2D eigenvalue weighted by atomic mass is 35.5. The summed E-state index contributed by atoms with van der Waals surface area (Å²) >= 11 is 5.90. The van der Waals surface area contributed by atoms with Crippen molar-refractivity contribution < 1.29 is 28.0 Å². The molecule has 35 heavy (non-hydrogen) atoms. The van der Waals surface area contributed by atoms with Crippen molar-refractivity contribution in [2.45, 2.75) is 43.9 Å². The van der Waals surface area contributed by atoms with Crippen LogP contribution in [-0.2, 0) is 19.4 Å². The number of sulfone groups is 1. The maximum atomic E-state index is 13.6. The van der Waals surface area contributed by atoms with E-state index in [0.29, 0.717) is 22.1 Å². The van der Waals surface area contributed by atoms with Crippen LogP contribution in [0.5, 0.6) is 11.5 Å². The molecule has 0 radical (unpaired) electrons. The van der Waals surface area contributed by atoms with E-state index < -0.39 is 32.5 Å². The third-order valence-corrected chi connectivity index (χ3v) is 8.53. The average Bonchev–Trinajstić information content (AvgIpc) is 2.91. The van der Waals surface area contributed by atoms with Crippen LogP contribution < -0.4 is 15.5 Å². The number of hydrogen-bond donors (Lipinski definition) is 3. The van der Waals surface area contributed by atoms with Crippen LogP contribution in [0.25, 0.3) is 0 Å². The molecular weight excluding hydrogens is 494 g/mol. The molecule has 190 valence electrons. The summed E-state index contributed by atoms with van der Waals surface area (Å²) < 4.78 is 31.3. The molecule has 0 saturated carbocycles. The van der Waals surface area contributed by atoms with Gasteiger partial charge in [-0.1, -0.05) is 23.7 Å². The van der Waals surface area contributed by atoms with E-state index in [0.717, 1.165) is 0 Å². The number of benzene rings is 2. The van der Waals surface area contributed by atoms with Gasteiger partial charge in [0.25, 0.3) is 0 Å². The minimum Gasteiger partial charge on any atom is -0.457 e. The van der Waals surface area contributed by atoms with Gasteiger partial charge in [0.05, 0.1) is 12.2 Å². The Labute approximate surface area is 210 Å². The van der Waals surface area contributed by atoms with Gasteiger partial charge < -0.3 is 15.0 Å². The van der Waals surface area contributed by atoms with E-state index >= 15 is 0 Å². The standard InChI is InChI=1S/C24H30ClN3O6S/c1-23(2,3)26-22(30)28-13-12-24(16-21(29)27-31,35(32,33)15-14-28)17-4-8-19(9-5-17)34-20-10-6-18(25)7-11-20/h4-11,31H,12-16H2,1-3H3,(H,26,30)(H,27,29). The number of rotatable bonds is 5. The molecule has 11 heteroatoms. The molecule has 0 bridgehead atoms. The van der Waals surface area contributed by atoms with Crippen LogP contribution in [0.1, 0.15) is 39.2 Å². The first-order valence-corrected chi connectivity index (χ1v) is 13.1. The first-order chi connectivity index (χ1) is 16.3. The highest BCUT2D eigenvalue weighted by Crippen LogP contribution is 2.41. The number of carbonyl (C=O) groups is 2. The summed E-state index contributed by atoms with van der Waals surface area (Å²) in [5.41, 5.74) is 1.43. The Bertz CT molecular complexity index is 1160. The number of hydrogen-bond acceptors (Lipinski definition) is 6. The van der Waals surface area contributed by atoms with Crippen molar-refractivity contribution in [3.8, 4) is 11.5 Å². The quantitative estimate of drug-likeness (QED) is 0.404. The Morgan fingerprint density at radius 2 is 1.63 bits per heavy atom. The summed E-state index contributed by atoms with van der Waals surface area (Å²) in [5.74, 6) is -0.136. The van der Waals surface area contributed by atoms with Gasteiger partial charge in [0.2, 0.25) is 5.91 Å². The Hall–Kier alpha value is -2.82. The fourth-order valence-electron chi connectivity index (χ4n) is 4.00. The Morgan fingerprint density at radius 3 is 2.17 bits per heavy atom. The van der Waals surface area contributed by atoms with Crippen LogP contribution in [0, 0.1) is 0 Å². The normalized spacial score (nSPS) is 20.0. The largest absolute Gasteiger partial charge is 0.457 e. The predicted octanol–water partition coefficient (Wildman–Crippen LogP) is 3.85. The fourth-order valence-corrected chi connectivity index (χ4v) is 6.23. The zero-order valence-corrected chi connectivity index (χ0v) is 21.4. The average molecular weight is 524 g/mol. The number of amides is 3. The number of carbonyl (C=O) groups excluding carboxylic acids is 2. The Balaban J connectivity index is 1.93. The highest BCUT2D eigenvalue weighted by molar-refractivity contribution is 7.92. The van der Waals surface area contributed by atoms with E-state index in [-0.39, 0.29) is 31.3 Å². The lowest BCUT2D eigenvalue weighted by Gasteiger charge is -2.32. The zero-order chi connectivity index (χ0) is 25.9. The minimum atomic E-state index is -3.92. The van der Waals surface area contributed by atoms with Crippen LogP contribution in [-0.4, -0.2) is 54.8 Å². The lowest BCUT2D eigenvalue weighted by molar-refractivity contribution is -0.130. The lowest BCUT2D eigenvalue weighted by Crippen LogP contribution is -2.49. The monoisotopic (exact) mass is 523 g/mol. The van der Waals surface area contributed by atoms with E-state index in [1.165, 1.54) is 4.90 Å². The number of halogens is 1. The van der Waals surface area contributed by atoms with Crippen molar-refractivity contribution in [3.63, 3.8) is 0 Å². The molecule has 3 N–H and O–H groups in total. The molecule has 2 aromatic rings. The van der Waals surface area contributed by atoms with Gasteiger partial charge in [0, 0.05) is 23.7 Å². The van der Waals surface area contributed by atoms with Gasteiger partial charge in [0.15, 0.2) is 9.84 Å². The summed E-state index contributed by atoms with van der Waals surface area (Å²) in [6, 6.07) is 12.8. The van der Waals surface area contributed by atoms with Crippen LogP contribution in [0.3, 0.4) is 0 Å². The fraction of sp³-hybridized carbons (Fsp3) is 0.417. The molecule has 0 aliphatic carbocycles. The second-order valence-electron chi connectivity index (χ2n) is 9.52. The van der Waals surface area contributed by atoms with Crippen molar-refractivity contribution in [1.29, 1.82) is 0 Å². The molecule has 1 aliphatic rings. The van der Waals surface area contributed by atoms with Gasteiger partial charge in [-0.2, -0.15) is 0 Å². The number of hydroxylamine groups is 1. The van der Waals surface area contributed by atoms with Gasteiger partial charge in [-0.25, -0.2) is 18.7 Å². The number of nitrogens with zero attached hydrogens (tertiary/aromatic N) is 1. The summed E-state index contributed by atoms with van der Waals surface area (Å²) in [6.07, 6.45) is -0.504. The number of ether oxygens (including phenoxy) is 1. The molecule has 1 heterocycles. The smallest absolute Gasteiger partial charge is 0.317 e. The van der Waals surface area contributed by atoms with Gasteiger partial charge in [0.1, 0.15) is 16.2 Å². The number of nitrogens with one attached hydrogen (secondary N) is 2. The SMILES string of the molecule is CC(C)(C)NC(=O)N1CCC(CC(=O)NO)(c2ccc(Oc3ccc(Cl)cc3)cc2)S(=O)(=O)CC1. The van der Waals surface area contributed by atoms with Crippen molar-refractivity contribution >= 4 is 33.4 Å². The molecule has 1 saturated heterocycles. The molecule has 0 aromatic heterocycles. The third kappa shape index (κ3) is 6.45. The third-order valence-electron chi connectivity index (χ3n) is 5.78. The molecule has 0 spiro atoms. The number of urea groups is 1. The molecule has 1 aliphatic heterocycles.